The van der Waals surface area contributed by atoms with Crippen LogP contribution in [-0.2, 0) is 29.6 Å². The van der Waals surface area contributed by atoms with Gasteiger partial charge in [0.1, 0.15) is 0 Å². The first kappa shape index (κ1) is 18.2. The SMILES string of the molecule is C=CC(=O)Nc1cccc(CC(=O)NCc2ccc(C)n(C)c2=O)c1. The van der Waals surface area contributed by atoms with Gasteiger partial charge in [0.25, 0.3) is 5.56 Å². The van der Waals surface area contributed by atoms with E-state index in [1.807, 2.05) is 13.0 Å². The molecule has 0 aliphatic rings. The molecule has 0 aliphatic heterocycles. The van der Waals surface area contributed by atoms with Crippen molar-refractivity contribution in [3.63, 3.8) is 0 Å². The van der Waals surface area contributed by atoms with Gasteiger partial charge in [-0.3, -0.25) is 14.4 Å². The largest absolute Gasteiger partial charge is 0.352 e. The van der Waals surface area contributed by atoms with Crippen molar-refractivity contribution >= 4 is 17.5 Å². The number of hydrogen-bond donors (Lipinski definition) is 2. The summed E-state index contributed by atoms with van der Waals surface area (Å²) in [5, 5.41) is 5.40. The summed E-state index contributed by atoms with van der Waals surface area (Å²) in [6.07, 6.45) is 1.34. The van der Waals surface area contributed by atoms with Crippen LogP contribution in [-0.4, -0.2) is 16.4 Å². The number of pyridine rings is 1. The van der Waals surface area contributed by atoms with E-state index in [1.165, 1.54) is 6.08 Å². The van der Waals surface area contributed by atoms with Gasteiger partial charge in [-0.05, 0) is 36.8 Å². The predicted octanol–water partition coefficient (Wildman–Crippen LogP) is 1.68. The Hall–Kier alpha value is -3.15. The van der Waals surface area contributed by atoms with Gasteiger partial charge in [0.2, 0.25) is 11.8 Å². The summed E-state index contributed by atoms with van der Waals surface area (Å²) < 4.78 is 1.55. The highest BCUT2D eigenvalue weighted by Gasteiger charge is 2.08. The molecule has 2 aromatic rings. The molecule has 2 amide bonds. The molecule has 0 aliphatic carbocycles. The molecule has 0 spiro atoms. The van der Waals surface area contributed by atoms with Gasteiger partial charge in [0, 0.05) is 30.5 Å². The third kappa shape index (κ3) is 4.91. The van der Waals surface area contributed by atoms with Crippen molar-refractivity contribution in [2.24, 2.45) is 7.05 Å². The number of carbonyl (C=O) groups excluding carboxylic acids is 2. The minimum absolute atomic E-state index is 0.116. The molecule has 0 unspecified atom stereocenters. The van der Waals surface area contributed by atoms with Crippen LogP contribution in [0.3, 0.4) is 0 Å². The van der Waals surface area contributed by atoms with E-state index in [0.717, 1.165) is 11.3 Å². The first-order valence-electron chi connectivity index (χ1n) is 7.85. The quantitative estimate of drug-likeness (QED) is 0.786. The van der Waals surface area contributed by atoms with E-state index in [-0.39, 0.29) is 30.3 Å². The van der Waals surface area contributed by atoms with E-state index in [9.17, 15) is 14.4 Å². The molecular formula is C19H21N3O3. The van der Waals surface area contributed by atoms with E-state index in [2.05, 4.69) is 17.2 Å². The highest BCUT2D eigenvalue weighted by molar-refractivity contribution is 5.98. The lowest BCUT2D eigenvalue weighted by atomic mass is 10.1. The summed E-state index contributed by atoms with van der Waals surface area (Å²) in [4.78, 5) is 35.5. The van der Waals surface area contributed by atoms with E-state index in [0.29, 0.717) is 11.3 Å². The molecule has 130 valence electrons. The van der Waals surface area contributed by atoms with Crippen LogP contribution in [0.1, 0.15) is 16.8 Å². The summed E-state index contributed by atoms with van der Waals surface area (Å²) >= 11 is 0. The summed E-state index contributed by atoms with van der Waals surface area (Å²) in [5.74, 6) is -0.508. The van der Waals surface area contributed by atoms with Gasteiger partial charge in [0.05, 0.1) is 6.42 Å². The topological polar surface area (TPSA) is 80.2 Å². The molecule has 1 aromatic heterocycles. The number of nitrogens with zero attached hydrogens (tertiary/aromatic N) is 1. The zero-order valence-electron chi connectivity index (χ0n) is 14.3. The molecule has 0 atom stereocenters. The van der Waals surface area contributed by atoms with Crippen LogP contribution in [0.4, 0.5) is 5.69 Å². The van der Waals surface area contributed by atoms with Crippen molar-refractivity contribution in [3.8, 4) is 0 Å². The standard InChI is InChI=1S/C19H21N3O3/c1-4-17(23)21-16-7-5-6-14(10-16)11-18(24)20-12-15-9-8-13(2)22(3)19(15)25/h4-10H,1,11-12H2,2-3H3,(H,20,24)(H,21,23). The van der Waals surface area contributed by atoms with Crippen LogP contribution < -0.4 is 16.2 Å². The molecule has 6 nitrogen and oxygen atoms in total. The van der Waals surface area contributed by atoms with Gasteiger partial charge in [-0.15, -0.1) is 0 Å². The third-order valence-corrected chi connectivity index (χ3v) is 3.85. The lowest BCUT2D eigenvalue weighted by Crippen LogP contribution is -2.30. The highest BCUT2D eigenvalue weighted by Crippen LogP contribution is 2.11. The molecule has 1 aromatic carbocycles. The molecule has 2 rings (SSSR count). The second-order valence-electron chi connectivity index (χ2n) is 5.71. The molecule has 0 radical (unpaired) electrons. The van der Waals surface area contributed by atoms with Crippen molar-refractivity contribution in [3.05, 3.63) is 76.2 Å². The lowest BCUT2D eigenvalue weighted by molar-refractivity contribution is -0.120. The predicted molar refractivity (Wildman–Crippen MR) is 97.2 cm³/mol. The summed E-state index contributed by atoms with van der Waals surface area (Å²) in [5.41, 5.74) is 2.64. The van der Waals surface area contributed by atoms with Gasteiger partial charge in [-0.25, -0.2) is 0 Å². The molecule has 0 fully saturated rings. The fourth-order valence-corrected chi connectivity index (χ4v) is 2.31. The second-order valence-corrected chi connectivity index (χ2v) is 5.71. The lowest BCUT2D eigenvalue weighted by Gasteiger charge is -2.09. The van der Waals surface area contributed by atoms with Crippen molar-refractivity contribution in [1.29, 1.82) is 0 Å². The van der Waals surface area contributed by atoms with Crippen LogP contribution in [0.15, 0.2) is 53.8 Å². The number of aryl methyl sites for hydroxylation is 1. The first-order chi connectivity index (χ1) is 11.9. The minimum Gasteiger partial charge on any atom is -0.352 e. The number of nitrogens with one attached hydrogen (secondary N) is 2. The Labute approximate surface area is 146 Å². The van der Waals surface area contributed by atoms with Crippen molar-refractivity contribution in [1.82, 2.24) is 9.88 Å². The van der Waals surface area contributed by atoms with Gasteiger partial charge in [-0.1, -0.05) is 24.8 Å². The van der Waals surface area contributed by atoms with Gasteiger partial charge < -0.3 is 15.2 Å². The number of anilines is 1. The number of benzene rings is 1. The van der Waals surface area contributed by atoms with E-state index in [1.54, 1.807) is 41.9 Å². The Morgan fingerprint density at radius 1 is 1.24 bits per heavy atom. The maximum absolute atomic E-state index is 12.1. The fraction of sp³-hybridized carbons (Fsp3) is 0.211. The summed E-state index contributed by atoms with van der Waals surface area (Å²) in [6, 6.07) is 10.6. The van der Waals surface area contributed by atoms with Gasteiger partial charge in [0.15, 0.2) is 0 Å². The Bertz CT molecular complexity index is 868. The molecule has 0 saturated heterocycles. The van der Waals surface area contributed by atoms with Crippen molar-refractivity contribution < 1.29 is 9.59 Å². The molecule has 1 heterocycles. The van der Waals surface area contributed by atoms with Crippen LogP contribution in [0.2, 0.25) is 0 Å². The number of aromatic nitrogens is 1. The van der Waals surface area contributed by atoms with Crippen LogP contribution in [0.25, 0.3) is 0 Å². The maximum Gasteiger partial charge on any atom is 0.255 e. The highest BCUT2D eigenvalue weighted by atomic mass is 16.2. The third-order valence-electron chi connectivity index (χ3n) is 3.85. The Kier molecular flexibility index (Phi) is 5.89. The molecule has 0 saturated carbocycles. The second kappa shape index (κ2) is 8.10. The monoisotopic (exact) mass is 339 g/mol. The zero-order chi connectivity index (χ0) is 18.4. The number of rotatable bonds is 6. The van der Waals surface area contributed by atoms with Crippen LogP contribution >= 0.6 is 0 Å². The Morgan fingerprint density at radius 3 is 2.72 bits per heavy atom. The summed E-state index contributed by atoms with van der Waals surface area (Å²) in [7, 11) is 1.70. The first-order valence-corrected chi connectivity index (χ1v) is 7.85. The Balaban J connectivity index is 1.98. The normalized spacial score (nSPS) is 10.2. The molecule has 2 N–H and O–H groups in total. The van der Waals surface area contributed by atoms with E-state index in [4.69, 9.17) is 0 Å². The number of carbonyl (C=O) groups is 2. The van der Waals surface area contributed by atoms with Crippen LogP contribution in [0.5, 0.6) is 0 Å². The van der Waals surface area contributed by atoms with Crippen molar-refractivity contribution in [2.45, 2.75) is 19.9 Å². The fourth-order valence-electron chi connectivity index (χ4n) is 2.31. The molecular weight excluding hydrogens is 318 g/mol. The van der Waals surface area contributed by atoms with E-state index < -0.39 is 0 Å². The summed E-state index contributed by atoms with van der Waals surface area (Å²) in [6.45, 7) is 5.42. The van der Waals surface area contributed by atoms with Gasteiger partial charge >= 0.3 is 0 Å². The van der Waals surface area contributed by atoms with Crippen molar-refractivity contribution in [2.75, 3.05) is 5.32 Å². The molecule has 6 heteroatoms. The van der Waals surface area contributed by atoms with Crippen LogP contribution in [0, 0.1) is 6.92 Å². The zero-order valence-corrected chi connectivity index (χ0v) is 14.3. The molecule has 25 heavy (non-hydrogen) atoms. The molecule has 0 bridgehead atoms. The average molecular weight is 339 g/mol. The smallest absolute Gasteiger partial charge is 0.255 e. The van der Waals surface area contributed by atoms with Gasteiger partial charge in [-0.2, -0.15) is 0 Å². The number of amides is 2. The average Bonchev–Trinajstić information content (AvgIpc) is 2.59. The number of hydrogen-bond acceptors (Lipinski definition) is 3. The Morgan fingerprint density at radius 2 is 2.00 bits per heavy atom. The van der Waals surface area contributed by atoms with E-state index >= 15 is 0 Å². The minimum atomic E-state index is -0.309. The maximum atomic E-state index is 12.1.